The van der Waals surface area contributed by atoms with E-state index >= 15 is 0 Å². The summed E-state index contributed by atoms with van der Waals surface area (Å²) in [7, 11) is 2.24. The van der Waals surface area contributed by atoms with Crippen molar-refractivity contribution in [3.05, 3.63) is 48.0 Å². The quantitative estimate of drug-likeness (QED) is 0.918. The molecule has 1 aliphatic rings. The summed E-state index contributed by atoms with van der Waals surface area (Å²) in [6, 6.07) is 16.5. The molecular weight excluding hydrogens is 256 g/mol. The molecule has 0 bridgehead atoms. The van der Waals surface area contributed by atoms with Crippen LogP contribution in [0, 0.1) is 0 Å². The van der Waals surface area contributed by atoms with Crippen LogP contribution in [0.5, 0.6) is 0 Å². The fraction of sp³-hybridized carbons (Fsp3) is 0.474. The number of nitrogens with two attached hydrogens (primary N) is 1. The minimum Gasteiger partial charge on any atom is -0.326 e. The summed E-state index contributed by atoms with van der Waals surface area (Å²) >= 11 is 0. The Balaban J connectivity index is 1.91. The van der Waals surface area contributed by atoms with Crippen molar-refractivity contribution < 1.29 is 0 Å². The fourth-order valence-corrected chi connectivity index (χ4v) is 3.77. The van der Waals surface area contributed by atoms with Crippen molar-refractivity contribution in [2.24, 2.45) is 5.73 Å². The van der Waals surface area contributed by atoms with Gasteiger partial charge in [-0.3, -0.25) is 4.90 Å². The third-order valence-electron chi connectivity index (χ3n) is 5.19. The third kappa shape index (κ3) is 2.83. The topological polar surface area (TPSA) is 29.3 Å². The predicted octanol–water partition coefficient (Wildman–Crippen LogP) is 4.10. The van der Waals surface area contributed by atoms with E-state index in [0.717, 1.165) is 6.42 Å². The second-order valence-corrected chi connectivity index (χ2v) is 6.43. The van der Waals surface area contributed by atoms with Crippen molar-refractivity contribution in [3.63, 3.8) is 0 Å². The van der Waals surface area contributed by atoms with Crippen molar-refractivity contribution in [1.29, 1.82) is 0 Å². The van der Waals surface area contributed by atoms with E-state index in [1.165, 1.54) is 35.6 Å². The number of rotatable bonds is 3. The first-order chi connectivity index (χ1) is 10.2. The Bertz CT molecular complexity index is 602. The van der Waals surface area contributed by atoms with E-state index in [1.54, 1.807) is 0 Å². The van der Waals surface area contributed by atoms with Gasteiger partial charge in [0.1, 0.15) is 0 Å². The van der Waals surface area contributed by atoms with Crippen molar-refractivity contribution in [2.45, 2.75) is 50.7 Å². The van der Waals surface area contributed by atoms with Crippen LogP contribution in [0.2, 0.25) is 0 Å². The minimum absolute atomic E-state index is 0.321. The van der Waals surface area contributed by atoms with E-state index in [4.69, 9.17) is 5.73 Å². The van der Waals surface area contributed by atoms with Crippen LogP contribution in [-0.4, -0.2) is 24.0 Å². The molecule has 0 spiro atoms. The maximum Gasteiger partial charge on any atom is 0.0326 e. The number of likely N-dealkylation sites (N-methyl/N-ethyl adjacent to an activating group) is 1. The molecule has 0 radical (unpaired) electrons. The van der Waals surface area contributed by atoms with E-state index in [9.17, 15) is 0 Å². The zero-order valence-electron chi connectivity index (χ0n) is 13.1. The SMILES string of the molecule is C[C@H](c1cccc2ccccc12)N(C)[C@@H]1CCCC[C@H]1N. The molecular formula is C19H26N2. The van der Waals surface area contributed by atoms with Gasteiger partial charge in [0, 0.05) is 18.1 Å². The number of benzene rings is 2. The molecule has 112 valence electrons. The first-order valence-electron chi connectivity index (χ1n) is 8.13. The molecule has 0 unspecified atom stereocenters. The van der Waals surface area contributed by atoms with Crippen molar-refractivity contribution in [2.75, 3.05) is 7.05 Å². The molecule has 0 amide bonds. The van der Waals surface area contributed by atoms with Crippen LogP contribution in [-0.2, 0) is 0 Å². The normalized spacial score (nSPS) is 24.4. The molecule has 1 saturated carbocycles. The zero-order valence-corrected chi connectivity index (χ0v) is 13.1. The summed E-state index contributed by atoms with van der Waals surface area (Å²) in [6.45, 7) is 2.31. The van der Waals surface area contributed by atoms with Gasteiger partial charge in [0.25, 0.3) is 0 Å². The van der Waals surface area contributed by atoms with E-state index in [0.29, 0.717) is 18.1 Å². The number of hydrogen-bond donors (Lipinski definition) is 1. The van der Waals surface area contributed by atoms with Gasteiger partial charge < -0.3 is 5.73 Å². The summed E-state index contributed by atoms with van der Waals surface area (Å²) in [5.41, 5.74) is 7.78. The first-order valence-corrected chi connectivity index (χ1v) is 8.13. The van der Waals surface area contributed by atoms with E-state index in [2.05, 4.69) is 61.3 Å². The molecule has 0 aromatic heterocycles. The summed E-state index contributed by atoms with van der Waals surface area (Å²) in [5.74, 6) is 0. The standard InChI is InChI=1S/C19H26N2/c1-14(21(2)19-13-6-5-12-18(19)20)16-11-7-9-15-8-3-4-10-17(15)16/h3-4,7-11,14,18-19H,5-6,12-13,20H2,1-2H3/t14-,18-,19-/m1/s1. The van der Waals surface area contributed by atoms with Crippen LogP contribution in [0.15, 0.2) is 42.5 Å². The summed E-state index contributed by atoms with van der Waals surface area (Å²) in [5, 5.41) is 2.69. The molecule has 2 aromatic carbocycles. The second-order valence-electron chi connectivity index (χ2n) is 6.43. The first kappa shape index (κ1) is 14.6. The maximum absolute atomic E-state index is 6.37. The monoisotopic (exact) mass is 282 g/mol. The summed E-state index contributed by atoms with van der Waals surface area (Å²) in [4.78, 5) is 2.49. The minimum atomic E-state index is 0.321. The largest absolute Gasteiger partial charge is 0.326 e. The molecule has 2 N–H and O–H groups in total. The second kappa shape index (κ2) is 6.17. The van der Waals surface area contributed by atoms with Crippen LogP contribution in [0.3, 0.4) is 0 Å². The maximum atomic E-state index is 6.37. The molecule has 2 heteroatoms. The van der Waals surface area contributed by atoms with Crippen LogP contribution in [0.1, 0.15) is 44.2 Å². The lowest BCUT2D eigenvalue weighted by Crippen LogP contribution is -2.48. The van der Waals surface area contributed by atoms with E-state index < -0.39 is 0 Å². The highest BCUT2D eigenvalue weighted by atomic mass is 15.2. The smallest absolute Gasteiger partial charge is 0.0326 e. The van der Waals surface area contributed by atoms with Gasteiger partial charge in [-0.1, -0.05) is 55.3 Å². The van der Waals surface area contributed by atoms with Gasteiger partial charge in [0.15, 0.2) is 0 Å². The average Bonchev–Trinajstić information content (AvgIpc) is 2.53. The Kier molecular flexibility index (Phi) is 4.27. The Hall–Kier alpha value is -1.38. The number of fused-ring (bicyclic) bond motifs is 1. The van der Waals surface area contributed by atoms with Crippen LogP contribution >= 0.6 is 0 Å². The van der Waals surface area contributed by atoms with Gasteiger partial charge in [-0.05, 0) is 43.1 Å². The Labute approximate surface area is 127 Å². The summed E-state index contributed by atoms with van der Waals surface area (Å²) < 4.78 is 0. The molecule has 1 aliphatic carbocycles. The highest BCUT2D eigenvalue weighted by Crippen LogP contribution is 2.31. The van der Waals surface area contributed by atoms with Gasteiger partial charge in [0.2, 0.25) is 0 Å². The van der Waals surface area contributed by atoms with Gasteiger partial charge >= 0.3 is 0 Å². The highest BCUT2D eigenvalue weighted by molar-refractivity contribution is 5.86. The van der Waals surface area contributed by atoms with Gasteiger partial charge in [-0.2, -0.15) is 0 Å². The van der Waals surface area contributed by atoms with Crippen LogP contribution in [0.25, 0.3) is 10.8 Å². The Morgan fingerprint density at radius 1 is 1.05 bits per heavy atom. The van der Waals surface area contributed by atoms with Crippen LogP contribution < -0.4 is 5.73 Å². The van der Waals surface area contributed by atoms with E-state index in [-0.39, 0.29) is 0 Å². The lowest BCUT2D eigenvalue weighted by molar-refractivity contribution is 0.129. The molecule has 1 fully saturated rings. The van der Waals surface area contributed by atoms with Gasteiger partial charge in [0.05, 0.1) is 0 Å². The van der Waals surface area contributed by atoms with Crippen molar-refractivity contribution in [3.8, 4) is 0 Å². The highest BCUT2D eigenvalue weighted by Gasteiger charge is 2.28. The fourth-order valence-electron chi connectivity index (χ4n) is 3.77. The molecule has 3 atom stereocenters. The van der Waals surface area contributed by atoms with Crippen molar-refractivity contribution >= 4 is 10.8 Å². The molecule has 21 heavy (non-hydrogen) atoms. The molecule has 0 saturated heterocycles. The van der Waals surface area contributed by atoms with Gasteiger partial charge in [-0.25, -0.2) is 0 Å². The number of nitrogens with zero attached hydrogens (tertiary/aromatic N) is 1. The Morgan fingerprint density at radius 2 is 1.76 bits per heavy atom. The average molecular weight is 282 g/mol. The van der Waals surface area contributed by atoms with Gasteiger partial charge in [-0.15, -0.1) is 0 Å². The molecule has 0 aliphatic heterocycles. The third-order valence-corrected chi connectivity index (χ3v) is 5.19. The molecule has 0 heterocycles. The lowest BCUT2D eigenvalue weighted by Gasteiger charge is -2.39. The molecule has 2 aromatic rings. The summed E-state index contributed by atoms with van der Waals surface area (Å²) in [6.07, 6.45) is 4.99. The predicted molar refractivity (Wildman–Crippen MR) is 90.4 cm³/mol. The van der Waals surface area contributed by atoms with Crippen LogP contribution in [0.4, 0.5) is 0 Å². The van der Waals surface area contributed by atoms with Crippen molar-refractivity contribution in [1.82, 2.24) is 4.90 Å². The molecule has 3 rings (SSSR count). The lowest BCUT2D eigenvalue weighted by atomic mass is 9.88. The molecule has 2 nitrogen and oxygen atoms in total. The zero-order chi connectivity index (χ0) is 14.8. The Morgan fingerprint density at radius 3 is 2.57 bits per heavy atom. The van der Waals surface area contributed by atoms with E-state index in [1.807, 2.05) is 0 Å². The number of hydrogen-bond acceptors (Lipinski definition) is 2.